The first-order valence-corrected chi connectivity index (χ1v) is 12.1. The summed E-state index contributed by atoms with van der Waals surface area (Å²) < 4.78 is 7.45. The van der Waals surface area contributed by atoms with E-state index >= 15 is 0 Å². The molecule has 3 heterocycles. The van der Waals surface area contributed by atoms with Gasteiger partial charge < -0.3 is 35.3 Å². The molecule has 3 aromatic heterocycles. The Morgan fingerprint density at radius 1 is 1.26 bits per heavy atom. The van der Waals surface area contributed by atoms with Crippen LogP contribution in [0.3, 0.4) is 0 Å². The molecule has 0 aliphatic rings. The maximum Gasteiger partial charge on any atom is 0.339 e. The van der Waals surface area contributed by atoms with Crippen LogP contribution in [-0.2, 0) is 11.8 Å². The molecule has 0 radical (unpaired) electrons. The number of carboxylic acid groups (broad SMARTS) is 1. The number of likely N-dealkylation sites (N-methyl/N-ethyl adjacent to an activating group) is 2. The molecule has 0 bridgehead atoms. The Bertz CT molecular complexity index is 1550. The number of methoxy groups -OCH3 is 1. The number of carbonyl (C=O) groups excluding carboxylic acids is 1. The molecule has 1 aromatic carbocycles. The summed E-state index contributed by atoms with van der Waals surface area (Å²) in [6, 6.07) is 7.14. The molecule has 12 heteroatoms. The van der Waals surface area contributed by atoms with E-state index in [2.05, 4.69) is 37.5 Å². The molecule has 4 N–H and O–H groups in total. The molecular formula is C27H30N8O4. The number of nitrogens with one attached hydrogen (secondary N) is 3. The number of aryl methyl sites for hydroxylation is 1. The van der Waals surface area contributed by atoms with Gasteiger partial charge in [0.2, 0.25) is 11.9 Å². The maximum atomic E-state index is 12.2. The number of hydrogen-bond acceptors (Lipinski definition) is 9. The summed E-state index contributed by atoms with van der Waals surface area (Å²) in [6.07, 6.45) is 5.91. The lowest BCUT2D eigenvalue weighted by Gasteiger charge is -2.24. The van der Waals surface area contributed by atoms with Crippen LogP contribution in [0.25, 0.3) is 22.3 Å². The number of benzene rings is 1. The number of anilines is 4. The van der Waals surface area contributed by atoms with Gasteiger partial charge in [0.1, 0.15) is 17.0 Å². The van der Waals surface area contributed by atoms with Gasteiger partial charge in [0.25, 0.3) is 0 Å². The Balaban J connectivity index is 1.80. The van der Waals surface area contributed by atoms with Gasteiger partial charge in [-0.25, -0.2) is 19.7 Å². The predicted octanol–water partition coefficient (Wildman–Crippen LogP) is 3.26. The number of aromatic nitrogens is 4. The standard InChI is InChI=1S/C27H30N8O4/c1-6-23(36)31-19-12-20(22(39-5)13-21(19)34(3)11-10-28-2)32-27-30-14-17(26(37)38)24(33-27)18-15-35(4)25-16(18)8-7-9-29-25/h6-9,12-15,28H,1,10-11H2,2-5H3,(H,31,36)(H,37,38)(H,30,32,33). The highest BCUT2D eigenvalue weighted by Gasteiger charge is 2.21. The third kappa shape index (κ3) is 5.65. The van der Waals surface area contributed by atoms with Crippen LogP contribution in [0.2, 0.25) is 0 Å². The van der Waals surface area contributed by atoms with E-state index in [0.29, 0.717) is 34.9 Å². The molecule has 0 fully saturated rings. The number of carboxylic acids is 1. The summed E-state index contributed by atoms with van der Waals surface area (Å²) in [5.74, 6) is -0.909. The molecule has 0 saturated carbocycles. The molecule has 0 spiro atoms. The van der Waals surface area contributed by atoms with Crippen molar-refractivity contribution in [3.05, 3.63) is 61.1 Å². The van der Waals surface area contributed by atoms with E-state index in [0.717, 1.165) is 17.6 Å². The van der Waals surface area contributed by atoms with Gasteiger partial charge in [-0.1, -0.05) is 6.58 Å². The van der Waals surface area contributed by atoms with Crippen LogP contribution in [0.5, 0.6) is 5.75 Å². The first-order chi connectivity index (χ1) is 18.8. The van der Waals surface area contributed by atoms with Gasteiger partial charge in [0.15, 0.2) is 0 Å². The van der Waals surface area contributed by atoms with Gasteiger partial charge >= 0.3 is 5.97 Å². The summed E-state index contributed by atoms with van der Waals surface area (Å²) in [5.41, 5.74) is 3.20. The number of carbonyl (C=O) groups is 2. The first kappa shape index (κ1) is 27.1. The highest BCUT2D eigenvalue weighted by Crippen LogP contribution is 2.38. The summed E-state index contributed by atoms with van der Waals surface area (Å²) >= 11 is 0. The molecule has 202 valence electrons. The summed E-state index contributed by atoms with van der Waals surface area (Å²) in [5, 5.41) is 19.7. The Labute approximate surface area is 225 Å². The highest BCUT2D eigenvalue weighted by atomic mass is 16.5. The van der Waals surface area contributed by atoms with Crippen molar-refractivity contribution in [3.8, 4) is 17.0 Å². The van der Waals surface area contributed by atoms with Crippen molar-refractivity contribution < 1.29 is 19.4 Å². The van der Waals surface area contributed by atoms with E-state index in [4.69, 9.17) is 4.74 Å². The van der Waals surface area contributed by atoms with Crippen molar-refractivity contribution in [2.45, 2.75) is 0 Å². The molecule has 1 amide bonds. The maximum absolute atomic E-state index is 12.2. The Hall–Kier alpha value is -4.97. The van der Waals surface area contributed by atoms with E-state index in [-0.39, 0.29) is 23.1 Å². The number of ether oxygens (including phenoxy) is 1. The Kier molecular flexibility index (Phi) is 8.06. The van der Waals surface area contributed by atoms with Crippen molar-refractivity contribution >= 4 is 45.9 Å². The molecule has 4 rings (SSSR count). The second kappa shape index (κ2) is 11.6. The lowest BCUT2D eigenvalue weighted by molar-refractivity contribution is -0.111. The fourth-order valence-electron chi connectivity index (χ4n) is 4.16. The zero-order valence-corrected chi connectivity index (χ0v) is 22.1. The van der Waals surface area contributed by atoms with Gasteiger partial charge in [-0.15, -0.1) is 0 Å². The normalized spacial score (nSPS) is 10.8. The van der Waals surface area contributed by atoms with Crippen LogP contribution in [0.4, 0.5) is 23.0 Å². The van der Waals surface area contributed by atoms with Crippen LogP contribution in [0.1, 0.15) is 10.4 Å². The van der Waals surface area contributed by atoms with E-state index < -0.39 is 5.97 Å². The zero-order valence-electron chi connectivity index (χ0n) is 22.1. The van der Waals surface area contributed by atoms with Crippen molar-refractivity contribution in [1.29, 1.82) is 0 Å². The molecule has 4 aromatic rings. The summed E-state index contributed by atoms with van der Waals surface area (Å²) in [4.78, 5) is 39.5. The fourth-order valence-corrected chi connectivity index (χ4v) is 4.16. The molecule has 0 unspecified atom stereocenters. The van der Waals surface area contributed by atoms with Gasteiger partial charge in [-0.2, -0.15) is 0 Å². The number of pyridine rings is 1. The first-order valence-electron chi connectivity index (χ1n) is 12.1. The molecular weight excluding hydrogens is 500 g/mol. The molecule has 39 heavy (non-hydrogen) atoms. The van der Waals surface area contributed by atoms with Crippen LogP contribution >= 0.6 is 0 Å². The Morgan fingerprint density at radius 2 is 2.05 bits per heavy atom. The minimum absolute atomic E-state index is 0.0516. The lowest BCUT2D eigenvalue weighted by atomic mass is 10.1. The van der Waals surface area contributed by atoms with E-state index in [1.54, 1.807) is 30.6 Å². The third-order valence-electron chi connectivity index (χ3n) is 6.12. The van der Waals surface area contributed by atoms with E-state index in [1.165, 1.54) is 19.4 Å². The third-order valence-corrected chi connectivity index (χ3v) is 6.12. The minimum atomic E-state index is -1.15. The second-order valence-electron chi connectivity index (χ2n) is 8.70. The van der Waals surface area contributed by atoms with Crippen molar-refractivity contribution in [2.75, 3.05) is 49.8 Å². The van der Waals surface area contributed by atoms with Crippen LogP contribution in [0, 0.1) is 0 Å². The average Bonchev–Trinajstić information content (AvgIpc) is 3.27. The summed E-state index contributed by atoms with van der Waals surface area (Å²) in [7, 11) is 7.13. The van der Waals surface area contributed by atoms with Crippen LogP contribution in [0.15, 0.2) is 55.5 Å². The monoisotopic (exact) mass is 530 g/mol. The van der Waals surface area contributed by atoms with Crippen LogP contribution in [-0.4, -0.2) is 70.8 Å². The number of nitrogens with zero attached hydrogens (tertiary/aromatic N) is 5. The van der Waals surface area contributed by atoms with Gasteiger partial charge in [-0.3, -0.25) is 4.79 Å². The molecule has 0 aliphatic carbocycles. The number of aromatic carboxylic acids is 1. The predicted molar refractivity (Wildman–Crippen MR) is 151 cm³/mol. The van der Waals surface area contributed by atoms with Gasteiger partial charge in [0.05, 0.1) is 29.9 Å². The number of amides is 1. The quantitative estimate of drug-likeness (QED) is 0.213. The number of fused-ring (bicyclic) bond motifs is 1. The number of rotatable bonds is 11. The fraction of sp³-hybridized carbons (Fsp3) is 0.222. The largest absolute Gasteiger partial charge is 0.494 e. The lowest BCUT2D eigenvalue weighted by Crippen LogP contribution is -2.28. The van der Waals surface area contributed by atoms with E-state index in [9.17, 15) is 14.7 Å². The smallest absolute Gasteiger partial charge is 0.339 e. The molecule has 0 aliphatic heterocycles. The minimum Gasteiger partial charge on any atom is -0.494 e. The highest BCUT2D eigenvalue weighted by molar-refractivity contribution is 6.03. The average molecular weight is 531 g/mol. The summed E-state index contributed by atoms with van der Waals surface area (Å²) in [6.45, 7) is 4.94. The van der Waals surface area contributed by atoms with Crippen molar-refractivity contribution in [1.82, 2.24) is 24.8 Å². The SMILES string of the molecule is C=CC(=O)Nc1cc(Nc2ncc(C(=O)O)c(-c3cn(C)c4ncccc34)n2)c(OC)cc1N(C)CCNC. The molecule has 12 nitrogen and oxygen atoms in total. The topological polar surface area (TPSA) is 147 Å². The molecule has 0 atom stereocenters. The zero-order chi connectivity index (χ0) is 28.1. The Morgan fingerprint density at radius 3 is 2.74 bits per heavy atom. The van der Waals surface area contributed by atoms with Crippen molar-refractivity contribution in [3.63, 3.8) is 0 Å². The number of hydrogen-bond donors (Lipinski definition) is 4. The van der Waals surface area contributed by atoms with Gasteiger partial charge in [-0.05, 0) is 31.3 Å². The second-order valence-corrected chi connectivity index (χ2v) is 8.70. The van der Waals surface area contributed by atoms with Gasteiger partial charge in [0, 0.05) is 62.8 Å². The van der Waals surface area contributed by atoms with Crippen molar-refractivity contribution in [2.24, 2.45) is 7.05 Å². The van der Waals surface area contributed by atoms with E-state index in [1.807, 2.05) is 36.7 Å². The molecule has 0 saturated heterocycles. The van der Waals surface area contributed by atoms with Crippen LogP contribution < -0.4 is 25.6 Å².